The van der Waals surface area contributed by atoms with Crippen LogP contribution in [0, 0.1) is 5.92 Å². The monoisotopic (exact) mass is 336 g/mol. The van der Waals surface area contributed by atoms with Gasteiger partial charge < -0.3 is 9.88 Å². The number of aromatic nitrogens is 1. The van der Waals surface area contributed by atoms with E-state index < -0.39 is 0 Å². The van der Waals surface area contributed by atoms with Crippen LogP contribution in [0.15, 0.2) is 42.5 Å². The van der Waals surface area contributed by atoms with Gasteiger partial charge in [0.25, 0.3) is 0 Å². The molecule has 0 radical (unpaired) electrons. The second-order valence-electron chi connectivity index (χ2n) is 6.73. The second kappa shape index (κ2) is 7.73. The number of nitrogens with zero attached hydrogens (tertiary/aromatic N) is 1. The average molecular weight is 336 g/mol. The number of aryl methyl sites for hydroxylation is 1. The number of carbonyl (C=O) groups is 1. The van der Waals surface area contributed by atoms with Gasteiger partial charge in [0.05, 0.1) is 0 Å². The molecule has 0 fully saturated rings. The summed E-state index contributed by atoms with van der Waals surface area (Å²) < 4.78 is 2.33. The number of amides is 1. The smallest absolute Gasteiger partial charge is 0.227 e. The molecule has 0 bridgehead atoms. The molecule has 1 N–H and O–H groups in total. The highest BCUT2D eigenvalue weighted by molar-refractivity contribution is 6.09. The van der Waals surface area contributed by atoms with Gasteiger partial charge in [0, 0.05) is 40.0 Å². The second-order valence-corrected chi connectivity index (χ2v) is 6.73. The third-order valence-corrected chi connectivity index (χ3v) is 5.13. The van der Waals surface area contributed by atoms with Crippen molar-refractivity contribution in [3.05, 3.63) is 42.5 Å². The molecule has 2 aromatic carbocycles. The summed E-state index contributed by atoms with van der Waals surface area (Å²) >= 11 is 0. The summed E-state index contributed by atoms with van der Waals surface area (Å²) in [5.74, 6) is 0.252. The number of anilines is 1. The van der Waals surface area contributed by atoms with E-state index in [1.807, 2.05) is 6.07 Å². The van der Waals surface area contributed by atoms with E-state index in [2.05, 4.69) is 67.1 Å². The molecule has 132 valence electrons. The third-order valence-electron chi connectivity index (χ3n) is 5.13. The Morgan fingerprint density at radius 1 is 1.04 bits per heavy atom. The van der Waals surface area contributed by atoms with Gasteiger partial charge in [0.1, 0.15) is 0 Å². The molecule has 0 spiro atoms. The van der Waals surface area contributed by atoms with Crippen LogP contribution in [0.4, 0.5) is 5.69 Å². The van der Waals surface area contributed by atoms with Crippen LogP contribution in [0.3, 0.4) is 0 Å². The minimum atomic E-state index is 0.104. The zero-order valence-electron chi connectivity index (χ0n) is 15.5. The van der Waals surface area contributed by atoms with E-state index in [-0.39, 0.29) is 11.8 Å². The maximum absolute atomic E-state index is 12.6. The fourth-order valence-corrected chi connectivity index (χ4v) is 3.69. The fraction of sp³-hybridized carbons (Fsp3) is 0.409. The highest BCUT2D eigenvalue weighted by Crippen LogP contribution is 2.31. The molecule has 3 nitrogen and oxygen atoms in total. The molecule has 1 aromatic heterocycles. The summed E-state index contributed by atoms with van der Waals surface area (Å²) in [4.78, 5) is 12.6. The van der Waals surface area contributed by atoms with Crippen LogP contribution in [0.2, 0.25) is 0 Å². The zero-order chi connectivity index (χ0) is 17.8. The number of nitrogens with one attached hydrogen (secondary N) is 1. The lowest BCUT2D eigenvalue weighted by atomic mass is 9.98. The number of hydrogen-bond acceptors (Lipinski definition) is 1. The Hall–Kier alpha value is -2.29. The number of benzene rings is 2. The first kappa shape index (κ1) is 17.5. The van der Waals surface area contributed by atoms with Gasteiger partial charge in [-0.15, -0.1) is 0 Å². The summed E-state index contributed by atoms with van der Waals surface area (Å²) in [6.45, 7) is 7.37. The van der Waals surface area contributed by atoms with Crippen LogP contribution in [-0.2, 0) is 11.3 Å². The molecule has 0 aliphatic carbocycles. The van der Waals surface area contributed by atoms with Crippen molar-refractivity contribution in [3.63, 3.8) is 0 Å². The first-order valence-corrected chi connectivity index (χ1v) is 9.51. The summed E-state index contributed by atoms with van der Waals surface area (Å²) in [6, 6.07) is 14.7. The van der Waals surface area contributed by atoms with Crippen LogP contribution in [0.25, 0.3) is 21.8 Å². The van der Waals surface area contributed by atoms with Gasteiger partial charge in [-0.25, -0.2) is 0 Å². The van der Waals surface area contributed by atoms with Gasteiger partial charge in [-0.3, -0.25) is 4.79 Å². The van der Waals surface area contributed by atoms with E-state index in [0.29, 0.717) is 0 Å². The summed E-state index contributed by atoms with van der Waals surface area (Å²) in [5.41, 5.74) is 3.36. The quantitative estimate of drug-likeness (QED) is 0.566. The average Bonchev–Trinajstić information content (AvgIpc) is 2.95. The predicted octanol–water partition coefficient (Wildman–Crippen LogP) is 5.97. The Kier molecular flexibility index (Phi) is 5.42. The number of fused-ring (bicyclic) bond motifs is 3. The van der Waals surface area contributed by atoms with E-state index in [4.69, 9.17) is 0 Å². The Morgan fingerprint density at radius 3 is 2.52 bits per heavy atom. The van der Waals surface area contributed by atoms with Gasteiger partial charge in [0.2, 0.25) is 5.91 Å². The third kappa shape index (κ3) is 3.41. The first-order valence-electron chi connectivity index (χ1n) is 9.51. The van der Waals surface area contributed by atoms with Crippen LogP contribution in [0.1, 0.15) is 46.5 Å². The van der Waals surface area contributed by atoms with Crippen molar-refractivity contribution in [3.8, 4) is 0 Å². The lowest BCUT2D eigenvalue weighted by Crippen LogP contribution is -2.22. The Morgan fingerprint density at radius 2 is 1.80 bits per heavy atom. The number of unbranched alkanes of at least 4 members (excludes halogenated alkanes) is 1. The predicted molar refractivity (Wildman–Crippen MR) is 107 cm³/mol. The Bertz CT molecular complexity index is 878. The minimum Gasteiger partial charge on any atom is -0.341 e. The summed E-state index contributed by atoms with van der Waals surface area (Å²) in [6.07, 6.45) is 4.10. The van der Waals surface area contributed by atoms with Gasteiger partial charge in [-0.1, -0.05) is 44.9 Å². The molecule has 3 aromatic rings. The molecule has 0 aliphatic heterocycles. The fourth-order valence-electron chi connectivity index (χ4n) is 3.69. The number of rotatable bonds is 7. The Labute approximate surface area is 150 Å². The van der Waals surface area contributed by atoms with Gasteiger partial charge in [0.15, 0.2) is 0 Å². The topological polar surface area (TPSA) is 34.0 Å². The number of carbonyl (C=O) groups excluding carboxylic acids is 1. The largest absolute Gasteiger partial charge is 0.341 e. The van der Waals surface area contributed by atoms with Crippen molar-refractivity contribution in [2.24, 2.45) is 5.92 Å². The maximum atomic E-state index is 12.6. The van der Waals surface area contributed by atoms with E-state index >= 15 is 0 Å². The highest BCUT2D eigenvalue weighted by Gasteiger charge is 2.17. The van der Waals surface area contributed by atoms with E-state index in [9.17, 15) is 4.79 Å². The molecule has 1 amide bonds. The van der Waals surface area contributed by atoms with E-state index in [0.717, 1.165) is 37.9 Å². The lowest BCUT2D eigenvalue weighted by molar-refractivity contribution is -0.120. The molecule has 0 saturated heterocycles. The molecule has 0 unspecified atom stereocenters. The van der Waals surface area contributed by atoms with Crippen LogP contribution in [-0.4, -0.2) is 10.5 Å². The minimum absolute atomic E-state index is 0.104. The van der Waals surface area contributed by atoms with Crippen LogP contribution >= 0.6 is 0 Å². The molecular formula is C22H28N2O. The van der Waals surface area contributed by atoms with Crippen molar-refractivity contribution in [1.29, 1.82) is 0 Å². The van der Waals surface area contributed by atoms with Gasteiger partial charge >= 0.3 is 0 Å². The van der Waals surface area contributed by atoms with Gasteiger partial charge in [-0.05, 0) is 44.0 Å². The molecule has 0 aliphatic rings. The van der Waals surface area contributed by atoms with Crippen LogP contribution < -0.4 is 5.32 Å². The van der Waals surface area contributed by atoms with Crippen LogP contribution in [0.5, 0.6) is 0 Å². The number of hydrogen-bond donors (Lipinski definition) is 1. The molecule has 0 saturated carbocycles. The molecular weight excluding hydrogens is 308 g/mol. The summed E-state index contributed by atoms with van der Waals surface area (Å²) in [5, 5.41) is 5.59. The molecule has 3 heteroatoms. The first-order chi connectivity index (χ1) is 12.2. The SMILES string of the molecule is CCCC[C@@H](CC)C(=O)Nc1ccc2c(c1)c1ccccc1n2CC. The zero-order valence-corrected chi connectivity index (χ0v) is 15.5. The van der Waals surface area contributed by atoms with Crippen molar-refractivity contribution in [2.45, 2.75) is 53.0 Å². The van der Waals surface area contributed by atoms with Crippen molar-refractivity contribution >= 4 is 33.4 Å². The standard InChI is InChI=1S/C22H28N2O/c1-4-7-10-16(5-2)22(25)23-17-13-14-21-19(15-17)18-11-8-9-12-20(18)24(21)6-3/h8-9,11-16H,4-7,10H2,1-3H3,(H,23,25)/t16-/m1/s1. The molecule has 3 rings (SSSR count). The van der Waals surface area contributed by atoms with Crippen molar-refractivity contribution < 1.29 is 4.79 Å². The van der Waals surface area contributed by atoms with Gasteiger partial charge in [-0.2, -0.15) is 0 Å². The van der Waals surface area contributed by atoms with E-state index in [1.54, 1.807) is 0 Å². The molecule has 1 atom stereocenters. The lowest BCUT2D eigenvalue weighted by Gasteiger charge is -2.14. The molecule has 25 heavy (non-hydrogen) atoms. The number of para-hydroxylation sites is 1. The van der Waals surface area contributed by atoms with Crippen molar-refractivity contribution in [2.75, 3.05) is 5.32 Å². The summed E-state index contributed by atoms with van der Waals surface area (Å²) in [7, 11) is 0. The molecule has 1 heterocycles. The normalized spacial score (nSPS) is 12.6. The van der Waals surface area contributed by atoms with Crippen molar-refractivity contribution in [1.82, 2.24) is 4.57 Å². The Balaban J connectivity index is 1.93. The highest BCUT2D eigenvalue weighted by atomic mass is 16.1. The van der Waals surface area contributed by atoms with E-state index in [1.165, 1.54) is 21.8 Å². The maximum Gasteiger partial charge on any atom is 0.227 e.